The molecule has 1 aliphatic heterocycles. The predicted molar refractivity (Wildman–Crippen MR) is 113 cm³/mol. The summed E-state index contributed by atoms with van der Waals surface area (Å²) in [4.78, 5) is 24.6. The fourth-order valence-electron chi connectivity index (χ4n) is 6.34. The highest BCUT2D eigenvalue weighted by atomic mass is 28.4. The third kappa shape index (κ3) is 3.24. The molecule has 3 aliphatic rings. The van der Waals surface area contributed by atoms with Gasteiger partial charge in [0.05, 0.1) is 16.7 Å². The Morgan fingerprint density at radius 1 is 1.04 bits per heavy atom. The van der Waals surface area contributed by atoms with Crippen molar-refractivity contribution in [3.63, 3.8) is 0 Å². The molecule has 156 valence electrons. The molecular weight excluding hydrogens is 368 g/mol. The van der Waals surface area contributed by atoms with E-state index in [9.17, 15) is 9.59 Å². The third-order valence-electron chi connectivity index (χ3n) is 7.49. The van der Waals surface area contributed by atoms with Crippen molar-refractivity contribution in [1.29, 1.82) is 0 Å². The van der Waals surface area contributed by atoms with Gasteiger partial charge in [-0.2, -0.15) is 0 Å². The molecular formula is C23H36O4Si. The number of hydrogen-bond donors (Lipinski definition) is 0. The summed E-state index contributed by atoms with van der Waals surface area (Å²) in [5.41, 5.74) is 2.87. The van der Waals surface area contributed by atoms with Gasteiger partial charge < -0.3 is 9.16 Å². The molecule has 0 radical (unpaired) electrons. The molecule has 0 amide bonds. The highest BCUT2D eigenvalue weighted by molar-refractivity contribution is 6.77. The van der Waals surface area contributed by atoms with E-state index in [0.717, 1.165) is 31.3 Å². The second-order valence-electron chi connectivity index (χ2n) is 9.94. The van der Waals surface area contributed by atoms with Crippen molar-refractivity contribution in [2.24, 2.45) is 5.92 Å². The van der Waals surface area contributed by atoms with Gasteiger partial charge in [0.15, 0.2) is 0 Å². The van der Waals surface area contributed by atoms with Crippen molar-refractivity contribution in [2.75, 3.05) is 0 Å². The van der Waals surface area contributed by atoms with Gasteiger partial charge in [-0.3, -0.25) is 0 Å². The smallest absolute Gasteiger partial charge is 0.346 e. The van der Waals surface area contributed by atoms with Crippen LogP contribution in [0.1, 0.15) is 80.1 Å². The standard InChI is InChI=1S/C23H36O4Si/c1-14(2)28(15(3)4,16(5)6)27-23-11-9-8-10-18(23)12-19-20(17(7)13-23)22(25)26-21(19)24/h14-16,18H,7-13H2,1-6H3/t18-,23+/m1/s1. The predicted octanol–water partition coefficient (Wildman–Crippen LogP) is 5.84. The maximum Gasteiger partial charge on any atom is 0.346 e. The van der Waals surface area contributed by atoms with Crippen LogP contribution in [0.5, 0.6) is 0 Å². The van der Waals surface area contributed by atoms with E-state index in [1.54, 1.807) is 0 Å². The lowest BCUT2D eigenvalue weighted by molar-refractivity contribution is -0.151. The minimum atomic E-state index is -2.12. The summed E-state index contributed by atoms with van der Waals surface area (Å²) in [5, 5.41) is 0. The number of esters is 2. The van der Waals surface area contributed by atoms with E-state index in [2.05, 4.69) is 48.1 Å². The highest BCUT2D eigenvalue weighted by Crippen LogP contribution is 2.54. The van der Waals surface area contributed by atoms with Crippen LogP contribution >= 0.6 is 0 Å². The number of hydrogen-bond acceptors (Lipinski definition) is 4. The van der Waals surface area contributed by atoms with Crippen LogP contribution in [0.15, 0.2) is 23.3 Å². The van der Waals surface area contributed by atoms with Gasteiger partial charge in [0.25, 0.3) is 0 Å². The van der Waals surface area contributed by atoms with Gasteiger partial charge in [-0.15, -0.1) is 0 Å². The average molecular weight is 405 g/mol. The van der Waals surface area contributed by atoms with Gasteiger partial charge in [0, 0.05) is 6.42 Å². The van der Waals surface area contributed by atoms with Crippen molar-refractivity contribution in [3.05, 3.63) is 23.3 Å². The summed E-state index contributed by atoms with van der Waals surface area (Å²) >= 11 is 0. The lowest BCUT2D eigenvalue weighted by atomic mass is 9.71. The van der Waals surface area contributed by atoms with Crippen molar-refractivity contribution < 1.29 is 18.8 Å². The van der Waals surface area contributed by atoms with Crippen molar-refractivity contribution in [2.45, 2.75) is 102 Å². The lowest BCUT2D eigenvalue weighted by Gasteiger charge is -2.54. The molecule has 5 heteroatoms. The Morgan fingerprint density at radius 3 is 2.21 bits per heavy atom. The first-order valence-electron chi connectivity index (χ1n) is 10.9. The molecule has 0 saturated heterocycles. The van der Waals surface area contributed by atoms with Crippen LogP contribution in [0.2, 0.25) is 16.6 Å². The number of carbonyl (C=O) groups excluding carboxylic acids is 2. The van der Waals surface area contributed by atoms with Crippen molar-refractivity contribution >= 4 is 20.3 Å². The van der Waals surface area contributed by atoms with E-state index in [1.807, 2.05) is 0 Å². The van der Waals surface area contributed by atoms with E-state index in [1.165, 1.54) is 0 Å². The third-order valence-corrected chi connectivity index (χ3v) is 13.7. The quantitative estimate of drug-likeness (QED) is 0.328. The van der Waals surface area contributed by atoms with Crippen LogP contribution in [-0.4, -0.2) is 25.9 Å². The van der Waals surface area contributed by atoms with Crippen LogP contribution in [0.3, 0.4) is 0 Å². The van der Waals surface area contributed by atoms with Crippen LogP contribution in [0, 0.1) is 5.92 Å². The first-order valence-corrected chi connectivity index (χ1v) is 13.1. The van der Waals surface area contributed by atoms with E-state index in [-0.39, 0.29) is 11.5 Å². The molecule has 0 spiro atoms. The van der Waals surface area contributed by atoms with E-state index in [4.69, 9.17) is 9.16 Å². The fraction of sp³-hybridized carbons (Fsp3) is 0.739. The number of ether oxygens (including phenoxy) is 1. The summed E-state index contributed by atoms with van der Waals surface area (Å²) in [6.07, 6.45) is 5.52. The Balaban J connectivity index is 2.06. The number of cyclic esters (lactones) is 2. The van der Waals surface area contributed by atoms with Crippen LogP contribution in [0.4, 0.5) is 0 Å². The topological polar surface area (TPSA) is 52.6 Å². The fourth-order valence-corrected chi connectivity index (χ4v) is 12.1. The molecule has 0 aromatic rings. The minimum absolute atomic E-state index is 0.243. The molecule has 1 fully saturated rings. The molecule has 0 N–H and O–H groups in total. The first kappa shape index (κ1) is 21.5. The van der Waals surface area contributed by atoms with E-state index < -0.39 is 20.3 Å². The molecule has 1 saturated carbocycles. The Bertz CT molecular complexity index is 696. The van der Waals surface area contributed by atoms with Gasteiger partial charge >= 0.3 is 11.9 Å². The van der Waals surface area contributed by atoms with Crippen LogP contribution in [0.25, 0.3) is 0 Å². The maximum atomic E-state index is 12.3. The van der Waals surface area contributed by atoms with Crippen molar-refractivity contribution in [3.8, 4) is 0 Å². The number of fused-ring (bicyclic) bond motifs is 1. The minimum Gasteiger partial charge on any atom is -0.410 e. The second kappa shape index (κ2) is 7.56. The molecule has 3 rings (SSSR count). The summed E-state index contributed by atoms with van der Waals surface area (Å²) in [6, 6.07) is 0. The van der Waals surface area contributed by atoms with Gasteiger partial charge in [-0.05, 0) is 47.4 Å². The van der Waals surface area contributed by atoms with Crippen LogP contribution in [-0.2, 0) is 18.8 Å². The normalized spacial score (nSPS) is 28.8. The van der Waals surface area contributed by atoms with Gasteiger partial charge in [-0.25, -0.2) is 9.59 Å². The SMILES string of the molecule is C=C1C[C@@]2(O[Si](C(C)C)(C(C)C)C(C)C)CCCC[C@@H]2CC2=C1C(=O)OC2=O. The molecule has 2 atom stereocenters. The number of rotatable bonds is 5. The van der Waals surface area contributed by atoms with Gasteiger partial charge in [-0.1, -0.05) is 61.0 Å². The maximum absolute atomic E-state index is 12.3. The highest BCUT2D eigenvalue weighted by Gasteiger charge is 2.55. The van der Waals surface area contributed by atoms with Crippen molar-refractivity contribution in [1.82, 2.24) is 0 Å². The Labute approximate surface area is 170 Å². The summed E-state index contributed by atoms with van der Waals surface area (Å²) in [5.74, 6) is -0.742. The van der Waals surface area contributed by atoms with Gasteiger partial charge in [0.2, 0.25) is 8.32 Å². The zero-order valence-electron chi connectivity index (χ0n) is 18.4. The zero-order valence-corrected chi connectivity index (χ0v) is 19.4. The van der Waals surface area contributed by atoms with Crippen LogP contribution < -0.4 is 0 Å². The first-order chi connectivity index (χ1) is 13.0. The average Bonchev–Trinajstić information content (AvgIpc) is 2.79. The summed E-state index contributed by atoms with van der Waals surface area (Å²) < 4.78 is 12.3. The molecule has 0 aromatic heterocycles. The van der Waals surface area contributed by atoms with E-state index >= 15 is 0 Å². The van der Waals surface area contributed by atoms with E-state index in [0.29, 0.717) is 40.6 Å². The molecule has 28 heavy (non-hydrogen) atoms. The summed E-state index contributed by atoms with van der Waals surface area (Å²) in [7, 11) is -2.12. The Kier molecular flexibility index (Phi) is 5.81. The summed E-state index contributed by atoms with van der Waals surface area (Å²) in [6.45, 7) is 18.1. The lowest BCUT2D eigenvalue weighted by Crippen LogP contribution is -2.57. The Morgan fingerprint density at radius 2 is 1.64 bits per heavy atom. The molecule has 0 unspecified atom stereocenters. The molecule has 0 bridgehead atoms. The molecule has 4 nitrogen and oxygen atoms in total. The number of carbonyl (C=O) groups is 2. The molecule has 2 aliphatic carbocycles. The zero-order chi connectivity index (χ0) is 20.9. The monoisotopic (exact) mass is 404 g/mol. The largest absolute Gasteiger partial charge is 0.410 e. The molecule has 1 heterocycles. The van der Waals surface area contributed by atoms with Gasteiger partial charge in [0.1, 0.15) is 0 Å². The second-order valence-corrected chi connectivity index (χ2v) is 15.3. The molecule has 0 aromatic carbocycles. The Hall–Kier alpha value is -1.20.